The normalized spacial score (nSPS) is 19.8. The van der Waals surface area contributed by atoms with Crippen molar-refractivity contribution in [3.63, 3.8) is 0 Å². The Kier molecular flexibility index (Phi) is 6.44. The van der Waals surface area contributed by atoms with Gasteiger partial charge in [0, 0.05) is 6.04 Å². The van der Waals surface area contributed by atoms with Crippen molar-refractivity contribution < 1.29 is 14.3 Å². The first-order valence-corrected chi connectivity index (χ1v) is 8.23. The summed E-state index contributed by atoms with van der Waals surface area (Å²) in [5, 5.41) is 12.3. The van der Waals surface area contributed by atoms with Crippen LogP contribution in [0, 0.1) is 11.3 Å². The summed E-state index contributed by atoms with van der Waals surface area (Å²) in [6, 6.07) is 7.89. The van der Waals surface area contributed by atoms with Gasteiger partial charge in [0.25, 0.3) is 0 Å². The fourth-order valence-electron chi connectivity index (χ4n) is 3.09. The van der Waals surface area contributed by atoms with Crippen LogP contribution in [-0.4, -0.2) is 50.2 Å². The Morgan fingerprint density at radius 2 is 2.08 bits per heavy atom. The quantitative estimate of drug-likeness (QED) is 0.770. The van der Waals surface area contributed by atoms with Crippen LogP contribution in [0.5, 0.6) is 11.5 Å². The van der Waals surface area contributed by atoms with E-state index in [9.17, 15) is 4.79 Å². The van der Waals surface area contributed by atoms with Crippen LogP contribution < -0.4 is 14.8 Å². The second kappa shape index (κ2) is 8.55. The van der Waals surface area contributed by atoms with Crippen LogP contribution in [-0.2, 0) is 11.2 Å². The monoisotopic (exact) mass is 331 g/mol. The van der Waals surface area contributed by atoms with Crippen LogP contribution in [0.1, 0.15) is 25.3 Å². The lowest BCUT2D eigenvalue weighted by molar-refractivity contribution is -0.131. The Morgan fingerprint density at radius 1 is 1.33 bits per heavy atom. The molecule has 0 saturated carbocycles. The number of methoxy groups -OCH3 is 2. The fourth-order valence-corrected chi connectivity index (χ4v) is 3.09. The Labute approximate surface area is 143 Å². The number of nitriles is 1. The van der Waals surface area contributed by atoms with Crippen LogP contribution in [0.3, 0.4) is 0 Å². The highest BCUT2D eigenvalue weighted by molar-refractivity contribution is 5.79. The number of nitrogens with one attached hydrogen (secondary N) is 1. The number of nitrogens with zero attached hydrogens (tertiary/aromatic N) is 2. The zero-order valence-electron chi connectivity index (χ0n) is 14.5. The maximum atomic E-state index is 12.3. The van der Waals surface area contributed by atoms with Crippen molar-refractivity contribution in [3.05, 3.63) is 23.8 Å². The zero-order valence-corrected chi connectivity index (χ0v) is 14.5. The zero-order chi connectivity index (χ0) is 17.5. The molecular weight excluding hydrogens is 306 g/mol. The summed E-state index contributed by atoms with van der Waals surface area (Å²) in [6.07, 6.45) is 2.45. The SMILES string of the molecule is COc1ccc(CCNCC(=O)N2[C@H](C#N)CC[C@@H]2C)cc1OC. The molecule has 1 fully saturated rings. The Morgan fingerprint density at radius 3 is 2.75 bits per heavy atom. The van der Waals surface area contributed by atoms with Crippen LogP contribution in [0.4, 0.5) is 0 Å². The highest BCUT2D eigenvalue weighted by Crippen LogP contribution is 2.27. The predicted molar refractivity (Wildman–Crippen MR) is 91.1 cm³/mol. The molecule has 0 radical (unpaired) electrons. The lowest BCUT2D eigenvalue weighted by atomic mass is 10.1. The molecule has 2 atom stereocenters. The van der Waals surface area contributed by atoms with Gasteiger partial charge in [-0.2, -0.15) is 5.26 Å². The summed E-state index contributed by atoms with van der Waals surface area (Å²) in [6.45, 7) is 2.94. The van der Waals surface area contributed by atoms with E-state index in [0.29, 0.717) is 18.0 Å². The fraction of sp³-hybridized carbons (Fsp3) is 0.556. The van der Waals surface area contributed by atoms with Gasteiger partial charge in [-0.1, -0.05) is 6.07 Å². The molecule has 0 spiro atoms. The van der Waals surface area contributed by atoms with Crippen molar-refractivity contribution in [3.8, 4) is 17.6 Å². The van der Waals surface area contributed by atoms with E-state index in [0.717, 1.165) is 24.8 Å². The highest BCUT2D eigenvalue weighted by atomic mass is 16.5. The van der Waals surface area contributed by atoms with Crippen molar-refractivity contribution in [1.82, 2.24) is 10.2 Å². The van der Waals surface area contributed by atoms with E-state index in [1.165, 1.54) is 0 Å². The molecule has 1 aromatic carbocycles. The first kappa shape index (κ1) is 18.1. The van der Waals surface area contributed by atoms with E-state index >= 15 is 0 Å². The van der Waals surface area contributed by atoms with Crippen molar-refractivity contribution in [2.45, 2.75) is 38.3 Å². The minimum atomic E-state index is -0.278. The maximum Gasteiger partial charge on any atom is 0.237 e. The smallest absolute Gasteiger partial charge is 0.237 e. The van der Waals surface area contributed by atoms with Crippen LogP contribution in [0.15, 0.2) is 18.2 Å². The summed E-state index contributed by atoms with van der Waals surface area (Å²) in [4.78, 5) is 14.0. The van der Waals surface area contributed by atoms with Crippen molar-refractivity contribution in [2.75, 3.05) is 27.3 Å². The lowest BCUT2D eigenvalue weighted by Gasteiger charge is -2.24. The average molecular weight is 331 g/mol. The van der Waals surface area contributed by atoms with Gasteiger partial charge in [0.05, 0.1) is 26.8 Å². The Hall–Kier alpha value is -2.26. The third kappa shape index (κ3) is 4.18. The molecule has 6 heteroatoms. The Balaban J connectivity index is 1.81. The number of likely N-dealkylation sites (tertiary alicyclic amines) is 1. The molecule has 1 saturated heterocycles. The number of ether oxygens (including phenoxy) is 2. The van der Waals surface area contributed by atoms with Gasteiger partial charge in [-0.25, -0.2) is 0 Å². The summed E-state index contributed by atoms with van der Waals surface area (Å²) in [5.74, 6) is 1.41. The molecule has 1 amide bonds. The van der Waals surface area contributed by atoms with E-state index in [-0.39, 0.29) is 24.5 Å². The van der Waals surface area contributed by atoms with E-state index in [2.05, 4.69) is 11.4 Å². The first-order chi connectivity index (χ1) is 11.6. The van der Waals surface area contributed by atoms with Crippen molar-refractivity contribution in [1.29, 1.82) is 5.26 Å². The lowest BCUT2D eigenvalue weighted by Crippen LogP contribution is -2.44. The van der Waals surface area contributed by atoms with Crippen LogP contribution >= 0.6 is 0 Å². The number of hydrogen-bond donors (Lipinski definition) is 1. The van der Waals surface area contributed by atoms with Crippen LogP contribution in [0.2, 0.25) is 0 Å². The van der Waals surface area contributed by atoms with Crippen molar-refractivity contribution in [2.24, 2.45) is 0 Å². The second-order valence-electron chi connectivity index (χ2n) is 5.99. The first-order valence-electron chi connectivity index (χ1n) is 8.23. The van der Waals surface area contributed by atoms with Crippen molar-refractivity contribution >= 4 is 5.91 Å². The number of hydrogen-bond acceptors (Lipinski definition) is 5. The van der Waals surface area contributed by atoms with E-state index < -0.39 is 0 Å². The van der Waals surface area contributed by atoms with Crippen LogP contribution in [0.25, 0.3) is 0 Å². The summed E-state index contributed by atoms with van der Waals surface area (Å²) in [7, 11) is 3.22. The largest absolute Gasteiger partial charge is 0.493 e. The minimum absolute atomic E-state index is 0.00105. The maximum absolute atomic E-state index is 12.3. The molecule has 0 aromatic heterocycles. The molecule has 0 aliphatic carbocycles. The topological polar surface area (TPSA) is 74.6 Å². The van der Waals surface area contributed by atoms with E-state index in [1.807, 2.05) is 25.1 Å². The molecule has 1 aliphatic heterocycles. The molecule has 1 aliphatic rings. The third-order valence-corrected chi connectivity index (χ3v) is 4.42. The number of rotatable bonds is 7. The summed E-state index contributed by atoms with van der Waals surface area (Å²) >= 11 is 0. The predicted octanol–water partition coefficient (Wildman–Crippen LogP) is 1.74. The molecule has 0 unspecified atom stereocenters. The van der Waals surface area contributed by atoms with E-state index in [1.54, 1.807) is 19.1 Å². The molecule has 2 rings (SSSR count). The van der Waals surface area contributed by atoms with E-state index in [4.69, 9.17) is 14.7 Å². The second-order valence-corrected chi connectivity index (χ2v) is 5.99. The van der Waals surface area contributed by atoms with Gasteiger partial charge in [0.1, 0.15) is 6.04 Å². The molecular formula is C18H25N3O3. The molecule has 1 aromatic rings. The summed E-state index contributed by atoms with van der Waals surface area (Å²) < 4.78 is 10.5. The molecule has 0 bridgehead atoms. The molecule has 130 valence electrons. The van der Waals surface area contributed by atoms with Gasteiger partial charge in [0.15, 0.2) is 11.5 Å². The van der Waals surface area contributed by atoms with Gasteiger partial charge in [-0.3, -0.25) is 4.79 Å². The highest BCUT2D eigenvalue weighted by Gasteiger charge is 2.33. The number of benzene rings is 1. The van der Waals surface area contributed by atoms with Gasteiger partial charge in [0.2, 0.25) is 5.91 Å². The minimum Gasteiger partial charge on any atom is -0.493 e. The molecule has 24 heavy (non-hydrogen) atoms. The molecule has 6 nitrogen and oxygen atoms in total. The van der Waals surface area contributed by atoms with Gasteiger partial charge in [-0.15, -0.1) is 0 Å². The third-order valence-electron chi connectivity index (χ3n) is 4.42. The standard InChI is InChI=1S/C18H25N3O3/c1-13-4-6-15(11-19)21(13)18(22)12-20-9-8-14-5-7-16(23-2)17(10-14)24-3/h5,7,10,13,15,20H,4,6,8-9,12H2,1-3H3/t13-,15-/m0/s1. The summed E-state index contributed by atoms with van der Waals surface area (Å²) in [5.41, 5.74) is 1.11. The number of carbonyl (C=O) groups is 1. The van der Waals surface area contributed by atoms with Gasteiger partial charge in [-0.05, 0) is 50.4 Å². The molecule has 1 heterocycles. The molecule has 1 N–H and O–H groups in total. The number of amides is 1. The van der Waals surface area contributed by atoms with Gasteiger partial charge < -0.3 is 19.7 Å². The Bertz CT molecular complexity index is 612. The average Bonchev–Trinajstić information content (AvgIpc) is 2.99. The number of carbonyl (C=O) groups excluding carboxylic acids is 1. The van der Waals surface area contributed by atoms with Gasteiger partial charge >= 0.3 is 0 Å².